The highest BCUT2D eigenvalue weighted by molar-refractivity contribution is 5.36. The highest BCUT2D eigenvalue weighted by Crippen LogP contribution is 2.24. The Morgan fingerprint density at radius 3 is 2.52 bits per heavy atom. The van der Waals surface area contributed by atoms with Crippen molar-refractivity contribution in [3.63, 3.8) is 0 Å². The lowest BCUT2D eigenvalue weighted by Crippen LogP contribution is -2.04. The van der Waals surface area contributed by atoms with Gasteiger partial charge in [-0.2, -0.15) is 5.10 Å². The van der Waals surface area contributed by atoms with Gasteiger partial charge in [0.15, 0.2) is 0 Å². The largest absolute Gasteiger partial charge is 0.494 e. The fourth-order valence-corrected chi connectivity index (χ4v) is 2.27. The first-order chi connectivity index (χ1) is 11.3. The first-order valence-corrected chi connectivity index (χ1v) is 7.74. The number of hydrogen-bond acceptors (Lipinski definition) is 3. The molecular weight excluding hydrogens is 288 g/mol. The average molecular weight is 308 g/mol. The van der Waals surface area contributed by atoms with Gasteiger partial charge in [0, 0.05) is 25.4 Å². The zero-order chi connectivity index (χ0) is 15.9. The summed E-state index contributed by atoms with van der Waals surface area (Å²) in [5.74, 6) is 2.50. The van der Waals surface area contributed by atoms with Crippen molar-refractivity contribution in [2.75, 3.05) is 6.61 Å². The van der Waals surface area contributed by atoms with E-state index in [1.54, 1.807) is 6.20 Å². The summed E-state index contributed by atoms with van der Waals surface area (Å²) in [7, 11) is 0. The molecule has 0 atom stereocenters. The molecule has 0 fully saturated rings. The van der Waals surface area contributed by atoms with Crippen molar-refractivity contribution in [1.29, 1.82) is 0 Å². The Hall–Kier alpha value is -2.75. The topological polar surface area (TPSA) is 36.3 Å². The maximum absolute atomic E-state index is 5.82. The van der Waals surface area contributed by atoms with Gasteiger partial charge in [0.2, 0.25) is 0 Å². The first kappa shape index (κ1) is 15.2. The van der Waals surface area contributed by atoms with Crippen LogP contribution in [0.25, 0.3) is 0 Å². The van der Waals surface area contributed by atoms with E-state index in [1.165, 1.54) is 5.56 Å². The van der Waals surface area contributed by atoms with Gasteiger partial charge in [-0.15, -0.1) is 0 Å². The average Bonchev–Trinajstić information content (AvgIpc) is 3.07. The van der Waals surface area contributed by atoms with Gasteiger partial charge in [0.25, 0.3) is 0 Å². The second kappa shape index (κ2) is 7.49. The van der Waals surface area contributed by atoms with Crippen molar-refractivity contribution in [3.8, 4) is 17.2 Å². The number of nitrogens with zero attached hydrogens (tertiary/aromatic N) is 2. The van der Waals surface area contributed by atoms with E-state index in [4.69, 9.17) is 9.47 Å². The first-order valence-electron chi connectivity index (χ1n) is 7.74. The van der Waals surface area contributed by atoms with Gasteiger partial charge in [0.1, 0.15) is 17.2 Å². The Balaban J connectivity index is 1.47. The molecule has 0 aliphatic heterocycles. The summed E-state index contributed by atoms with van der Waals surface area (Å²) in [5, 5.41) is 4.16. The number of hydrogen-bond donors (Lipinski definition) is 0. The van der Waals surface area contributed by atoms with Crippen LogP contribution < -0.4 is 9.47 Å². The van der Waals surface area contributed by atoms with Gasteiger partial charge in [-0.25, -0.2) is 0 Å². The van der Waals surface area contributed by atoms with Crippen molar-refractivity contribution in [1.82, 2.24) is 9.78 Å². The predicted molar refractivity (Wildman–Crippen MR) is 90.0 cm³/mol. The highest BCUT2D eigenvalue weighted by atomic mass is 16.5. The molecule has 3 aromatic rings. The maximum atomic E-state index is 5.82. The Bertz CT molecular complexity index is 721. The fourth-order valence-electron chi connectivity index (χ4n) is 2.27. The molecule has 0 radical (unpaired) electrons. The lowest BCUT2D eigenvalue weighted by Gasteiger charge is -2.09. The predicted octanol–water partition coefficient (Wildman–Crippen LogP) is 4.45. The zero-order valence-electron chi connectivity index (χ0n) is 13.2. The monoisotopic (exact) mass is 308 g/mol. The van der Waals surface area contributed by atoms with Crippen LogP contribution in [0.2, 0.25) is 0 Å². The van der Waals surface area contributed by atoms with Crippen molar-refractivity contribution in [3.05, 3.63) is 72.6 Å². The van der Waals surface area contributed by atoms with Crippen LogP contribution in [0.5, 0.6) is 17.2 Å². The molecule has 1 aromatic heterocycles. The maximum Gasteiger partial charge on any atom is 0.127 e. The Kier molecular flexibility index (Phi) is 4.94. The molecule has 0 bridgehead atoms. The van der Waals surface area contributed by atoms with E-state index in [-0.39, 0.29) is 0 Å². The lowest BCUT2D eigenvalue weighted by atomic mass is 10.2. The second-order valence-corrected chi connectivity index (χ2v) is 5.36. The smallest absolute Gasteiger partial charge is 0.127 e. The summed E-state index contributed by atoms with van der Waals surface area (Å²) in [5.41, 5.74) is 1.18. The highest BCUT2D eigenvalue weighted by Gasteiger charge is 1.99. The van der Waals surface area contributed by atoms with Gasteiger partial charge < -0.3 is 9.47 Å². The van der Waals surface area contributed by atoms with Crippen LogP contribution in [0.1, 0.15) is 12.0 Å². The van der Waals surface area contributed by atoms with E-state index >= 15 is 0 Å². The minimum atomic E-state index is 0.665. The third-order valence-electron chi connectivity index (χ3n) is 3.41. The van der Waals surface area contributed by atoms with E-state index in [9.17, 15) is 0 Å². The van der Waals surface area contributed by atoms with Crippen LogP contribution in [0.3, 0.4) is 0 Å². The third-order valence-corrected chi connectivity index (χ3v) is 3.41. The second-order valence-electron chi connectivity index (χ2n) is 5.36. The van der Waals surface area contributed by atoms with Crippen molar-refractivity contribution < 1.29 is 9.47 Å². The van der Waals surface area contributed by atoms with E-state index in [1.807, 2.05) is 72.4 Å². The summed E-state index contributed by atoms with van der Waals surface area (Å²) >= 11 is 0. The lowest BCUT2D eigenvalue weighted by molar-refractivity contribution is 0.298. The van der Waals surface area contributed by atoms with Gasteiger partial charge in [0.05, 0.1) is 6.61 Å². The summed E-state index contributed by atoms with van der Waals surface area (Å²) in [6.07, 6.45) is 4.66. The molecule has 0 spiro atoms. The number of aryl methyl sites for hydroxylation is 2. The number of ether oxygens (including phenoxy) is 2. The van der Waals surface area contributed by atoms with Crippen LogP contribution in [-0.2, 0) is 6.54 Å². The molecule has 118 valence electrons. The molecule has 0 amide bonds. The quantitative estimate of drug-likeness (QED) is 0.605. The van der Waals surface area contributed by atoms with Crippen LogP contribution in [0, 0.1) is 6.92 Å². The Labute approximate surface area is 136 Å². The minimum Gasteiger partial charge on any atom is -0.494 e. The molecule has 2 aromatic carbocycles. The SMILES string of the molecule is Cc1cccc(Oc2ccc(OCCCn3cccn3)cc2)c1. The molecule has 4 heteroatoms. The number of rotatable bonds is 7. The molecular formula is C19H20N2O2. The number of aromatic nitrogens is 2. The van der Waals surface area contributed by atoms with Crippen molar-refractivity contribution in [2.24, 2.45) is 0 Å². The Morgan fingerprint density at radius 2 is 1.78 bits per heavy atom. The molecule has 0 aliphatic rings. The summed E-state index contributed by atoms with van der Waals surface area (Å²) in [6, 6.07) is 17.6. The van der Waals surface area contributed by atoms with E-state index in [2.05, 4.69) is 5.10 Å². The van der Waals surface area contributed by atoms with Gasteiger partial charge in [-0.1, -0.05) is 12.1 Å². The molecule has 0 N–H and O–H groups in total. The summed E-state index contributed by atoms with van der Waals surface area (Å²) in [4.78, 5) is 0. The normalized spacial score (nSPS) is 10.5. The molecule has 0 aliphatic carbocycles. The van der Waals surface area contributed by atoms with Crippen LogP contribution in [-0.4, -0.2) is 16.4 Å². The van der Waals surface area contributed by atoms with Crippen LogP contribution in [0.4, 0.5) is 0 Å². The van der Waals surface area contributed by atoms with E-state index in [0.717, 1.165) is 30.2 Å². The van der Waals surface area contributed by atoms with Crippen LogP contribution in [0.15, 0.2) is 67.0 Å². The van der Waals surface area contributed by atoms with Gasteiger partial charge >= 0.3 is 0 Å². The minimum absolute atomic E-state index is 0.665. The molecule has 23 heavy (non-hydrogen) atoms. The number of benzene rings is 2. The summed E-state index contributed by atoms with van der Waals surface area (Å²) in [6.45, 7) is 3.58. The zero-order valence-corrected chi connectivity index (χ0v) is 13.2. The standard InChI is InChI=1S/C19H20N2O2/c1-16-5-2-6-19(15-16)23-18-9-7-17(8-10-18)22-14-4-13-21-12-3-11-20-21/h2-3,5-12,15H,4,13-14H2,1H3. The molecule has 1 heterocycles. The molecule has 4 nitrogen and oxygen atoms in total. The molecule has 0 saturated heterocycles. The molecule has 0 saturated carbocycles. The molecule has 3 rings (SSSR count). The van der Waals surface area contributed by atoms with E-state index < -0.39 is 0 Å². The van der Waals surface area contributed by atoms with Gasteiger partial charge in [-0.05, 0) is 55.0 Å². The third kappa shape index (κ3) is 4.61. The summed E-state index contributed by atoms with van der Waals surface area (Å²) < 4.78 is 13.5. The Morgan fingerprint density at radius 1 is 0.957 bits per heavy atom. The van der Waals surface area contributed by atoms with E-state index in [0.29, 0.717) is 6.61 Å². The van der Waals surface area contributed by atoms with Crippen LogP contribution >= 0.6 is 0 Å². The van der Waals surface area contributed by atoms with Crippen molar-refractivity contribution in [2.45, 2.75) is 19.9 Å². The molecule has 0 unspecified atom stereocenters. The van der Waals surface area contributed by atoms with Gasteiger partial charge in [-0.3, -0.25) is 4.68 Å². The fraction of sp³-hybridized carbons (Fsp3) is 0.211. The van der Waals surface area contributed by atoms with Crippen molar-refractivity contribution >= 4 is 0 Å².